The molecule has 0 aliphatic heterocycles. The summed E-state index contributed by atoms with van der Waals surface area (Å²) in [5.41, 5.74) is -1.51. The SMILES string of the molecule is CC(=O)OCCC(C)(C)OC(C)(C)CCOC(C)=O.CC(C)(O)CCO. The zero-order valence-corrected chi connectivity index (χ0v) is 17.7. The zero-order chi connectivity index (χ0) is 21.0. The molecule has 0 amide bonds. The van der Waals surface area contributed by atoms with Crippen LogP contribution in [0, 0.1) is 0 Å². The summed E-state index contributed by atoms with van der Waals surface area (Å²) in [5, 5.41) is 17.1. The van der Waals surface area contributed by atoms with Crippen molar-refractivity contribution < 1.29 is 34.0 Å². The van der Waals surface area contributed by atoms with Crippen LogP contribution in [-0.4, -0.2) is 58.8 Å². The lowest BCUT2D eigenvalue weighted by Crippen LogP contribution is -2.38. The van der Waals surface area contributed by atoms with Crippen molar-refractivity contribution in [3.8, 4) is 0 Å². The lowest BCUT2D eigenvalue weighted by Gasteiger charge is -2.36. The van der Waals surface area contributed by atoms with Gasteiger partial charge in [-0.2, -0.15) is 0 Å². The fourth-order valence-corrected chi connectivity index (χ4v) is 2.00. The number of hydrogen-bond acceptors (Lipinski definition) is 7. The second-order valence-electron chi connectivity index (χ2n) is 8.09. The molecule has 26 heavy (non-hydrogen) atoms. The molecule has 0 radical (unpaired) electrons. The highest BCUT2D eigenvalue weighted by Gasteiger charge is 2.29. The number of aliphatic hydroxyl groups excluding tert-OH is 1. The third-order valence-corrected chi connectivity index (χ3v) is 3.30. The van der Waals surface area contributed by atoms with E-state index in [-0.39, 0.29) is 18.5 Å². The molecule has 2 N–H and O–H groups in total. The second kappa shape index (κ2) is 12.3. The van der Waals surface area contributed by atoms with Crippen LogP contribution in [0.4, 0.5) is 0 Å². The summed E-state index contributed by atoms with van der Waals surface area (Å²) in [6.45, 7) is 14.6. The van der Waals surface area contributed by atoms with E-state index in [0.29, 0.717) is 32.5 Å². The van der Waals surface area contributed by atoms with Crippen LogP contribution in [0.5, 0.6) is 0 Å². The van der Waals surface area contributed by atoms with Gasteiger partial charge in [0.25, 0.3) is 0 Å². The molecule has 156 valence electrons. The predicted molar refractivity (Wildman–Crippen MR) is 99.7 cm³/mol. The van der Waals surface area contributed by atoms with Crippen LogP contribution in [0.2, 0.25) is 0 Å². The highest BCUT2D eigenvalue weighted by molar-refractivity contribution is 5.66. The van der Waals surface area contributed by atoms with E-state index in [9.17, 15) is 9.59 Å². The molecule has 0 heterocycles. The standard InChI is InChI=1S/C14H26O5.C5H12O2/c1-11(15)17-9-7-13(3,4)19-14(5,6)8-10-18-12(2)16;1-5(2,7)3-4-6/h7-10H2,1-6H3;6-7H,3-4H2,1-2H3. The molecule has 0 spiro atoms. The largest absolute Gasteiger partial charge is 0.466 e. The minimum Gasteiger partial charge on any atom is -0.466 e. The van der Waals surface area contributed by atoms with Gasteiger partial charge in [0.2, 0.25) is 0 Å². The highest BCUT2D eigenvalue weighted by Crippen LogP contribution is 2.26. The van der Waals surface area contributed by atoms with Crippen LogP contribution in [-0.2, 0) is 23.8 Å². The molecule has 0 aliphatic carbocycles. The number of hydrogen-bond donors (Lipinski definition) is 2. The van der Waals surface area contributed by atoms with Gasteiger partial charge in [-0.05, 0) is 48.0 Å². The van der Waals surface area contributed by atoms with Crippen molar-refractivity contribution in [1.29, 1.82) is 0 Å². The van der Waals surface area contributed by atoms with E-state index < -0.39 is 16.8 Å². The van der Waals surface area contributed by atoms with Crippen molar-refractivity contribution in [2.24, 2.45) is 0 Å². The maximum Gasteiger partial charge on any atom is 0.302 e. The van der Waals surface area contributed by atoms with Crippen LogP contribution in [0.1, 0.15) is 74.7 Å². The molecule has 0 bridgehead atoms. The Hall–Kier alpha value is -1.18. The Bertz CT molecular complexity index is 379. The molecule has 0 saturated carbocycles. The maximum atomic E-state index is 10.7. The van der Waals surface area contributed by atoms with Gasteiger partial charge in [-0.3, -0.25) is 9.59 Å². The Morgan fingerprint density at radius 1 is 0.769 bits per heavy atom. The molecule has 0 atom stereocenters. The predicted octanol–water partition coefficient (Wildman–Crippen LogP) is 2.61. The van der Waals surface area contributed by atoms with Gasteiger partial charge in [0, 0.05) is 33.3 Å². The summed E-state index contributed by atoms with van der Waals surface area (Å²) >= 11 is 0. The van der Waals surface area contributed by atoms with Crippen molar-refractivity contribution in [1.82, 2.24) is 0 Å². The molecule has 0 aromatic heterocycles. The van der Waals surface area contributed by atoms with Gasteiger partial charge in [0.15, 0.2) is 0 Å². The smallest absolute Gasteiger partial charge is 0.302 e. The molecule has 0 fully saturated rings. The van der Waals surface area contributed by atoms with Gasteiger partial charge >= 0.3 is 11.9 Å². The van der Waals surface area contributed by atoms with Crippen LogP contribution < -0.4 is 0 Å². The Kier molecular flexibility index (Phi) is 12.7. The number of esters is 2. The van der Waals surface area contributed by atoms with Gasteiger partial charge in [0.05, 0.1) is 30.0 Å². The Labute approximate surface area is 158 Å². The highest BCUT2D eigenvalue weighted by atomic mass is 16.5. The molecule has 0 saturated heterocycles. The molecule has 0 aromatic rings. The number of carbonyl (C=O) groups excluding carboxylic acids is 2. The van der Waals surface area contributed by atoms with Crippen molar-refractivity contribution in [3.63, 3.8) is 0 Å². The third-order valence-electron chi connectivity index (χ3n) is 3.30. The first-order valence-electron chi connectivity index (χ1n) is 8.90. The van der Waals surface area contributed by atoms with E-state index >= 15 is 0 Å². The Morgan fingerprint density at radius 2 is 1.12 bits per heavy atom. The normalized spacial score (nSPS) is 12.1. The molecular weight excluding hydrogens is 340 g/mol. The third kappa shape index (κ3) is 20.9. The second-order valence-corrected chi connectivity index (χ2v) is 8.09. The van der Waals surface area contributed by atoms with Crippen LogP contribution >= 0.6 is 0 Å². The van der Waals surface area contributed by atoms with Gasteiger partial charge in [-0.1, -0.05) is 0 Å². The fourth-order valence-electron chi connectivity index (χ4n) is 2.00. The number of rotatable bonds is 10. The van der Waals surface area contributed by atoms with Crippen molar-refractivity contribution in [2.45, 2.75) is 91.5 Å². The van der Waals surface area contributed by atoms with E-state index in [1.807, 2.05) is 27.7 Å². The molecule has 0 rings (SSSR count). The zero-order valence-electron chi connectivity index (χ0n) is 17.7. The number of aliphatic hydroxyl groups is 2. The lowest BCUT2D eigenvalue weighted by atomic mass is 10.0. The molecule has 0 unspecified atom stereocenters. The van der Waals surface area contributed by atoms with Crippen molar-refractivity contribution >= 4 is 11.9 Å². The lowest BCUT2D eigenvalue weighted by molar-refractivity contribution is -0.155. The summed E-state index contributed by atoms with van der Waals surface area (Å²) in [6, 6.07) is 0. The quantitative estimate of drug-likeness (QED) is 0.563. The maximum absolute atomic E-state index is 10.7. The fraction of sp³-hybridized carbons (Fsp3) is 0.895. The molecule has 0 aromatic carbocycles. The Balaban J connectivity index is 0. The van der Waals surface area contributed by atoms with E-state index in [0.717, 1.165) is 0 Å². The van der Waals surface area contributed by atoms with E-state index in [1.165, 1.54) is 13.8 Å². The van der Waals surface area contributed by atoms with Crippen LogP contribution in [0.25, 0.3) is 0 Å². The minimum absolute atomic E-state index is 0.0590. The number of carbonyl (C=O) groups is 2. The average Bonchev–Trinajstić information content (AvgIpc) is 2.34. The summed E-state index contributed by atoms with van der Waals surface area (Å²) in [5.74, 6) is -0.574. The van der Waals surface area contributed by atoms with Gasteiger partial charge in [0.1, 0.15) is 0 Å². The monoisotopic (exact) mass is 378 g/mol. The van der Waals surface area contributed by atoms with Crippen molar-refractivity contribution in [2.75, 3.05) is 19.8 Å². The van der Waals surface area contributed by atoms with Crippen molar-refractivity contribution in [3.05, 3.63) is 0 Å². The van der Waals surface area contributed by atoms with Crippen LogP contribution in [0.15, 0.2) is 0 Å². The van der Waals surface area contributed by atoms with E-state index in [2.05, 4.69) is 0 Å². The minimum atomic E-state index is -0.700. The summed E-state index contributed by atoms with van der Waals surface area (Å²) in [6.07, 6.45) is 1.68. The van der Waals surface area contributed by atoms with Gasteiger partial charge < -0.3 is 24.4 Å². The molecule has 7 heteroatoms. The first kappa shape index (κ1) is 27.0. The molecular formula is C19H38O7. The topological polar surface area (TPSA) is 102 Å². The summed E-state index contributed by atoms with van der Waals surface area (Å²) in [7, 11) is 0. The van der Waals surface area contributed by atoms with Gasteiger partial charge in [-0.15, -0.1) is 0 Å². The van der Waals surface area contributed by atoms with E-state index in [4.69, 9.17) is 24.4 Å². The summed E-state index contributed by atoms with van der Waals surface area (Å²) in [4.78, 5) is 21.4. The van der Waals surface area contributed by atoms with Crippen LogP contribution in [0.3, 0.4) is 0 Å². The van der Waals surface area contributed by atoms with Gasteiger partial charge in [-0.25, -0.2) is 0 Å². The number of ether oxygens (including phenoxy) is 3. The average molecular weight is 379 g/mol. The summed E-state index contributed by atoms with van der Waals surface area (Å²) < 4.78 is 15.8. The first-order valence-corrected chi connectivity index (χ1v) is 8.90. The molecule has 7 nitrogen and oxygen atoms in total. The Morgan fingerprint density at radius 3 is 1.31 bits per heavy atom. The van der Waals surface area contributed by atoms with E-state index in [1.54, 1.807) is 13.8 Å². The molecule has 0 aliphatic rings. The first-order chi connectivity index (χ1) is 11.6.